The molecule has 126 valence electrons. The molecule has 1 aromatic carbocycles. The SMILES string of the molecule is CC1CCN(c2ccc(NC(=O)NCc3ccncc3)cc2)CC1. The number of benzene rings is 1. The molecule has 2 amide bonds. The van der Waals surface area contributed by atoms with E-state index in [1.165, 1.54) is 18.5 Å². The smallest absolute Gasteiger partial charge is 0.319 e. The number of anilines is 2. The molecule has 1 fully saturated rings. The number of nitrogens with zero attached hydrogens (tertiary/aromatic N) is 2. The average molecular weight is 324 g/mol. The molecule has 5 heteroatoms. The Morgan fingerprint density at radius 1 is 1.12 bits per heavy atom. The van der Waals surface area contributed by atoms with Crippen molar-refractivity contribution < 1.29 is 4.79 Å². The van der Waals surface area contributed by atoms with Gasteiger partial charge in [0, 0.05) is 43.4 Å². The summed E-state index contributed by atoms with van der Waals surface area (Å²) in [6.07, 6.45) is 5.93. The van der Waals surface area contributed by atoms with Crippen molar-refractivity contribution in [1.29, 1.82) is 0 Å². The fourth-order valence-electron chi connectivity index (χ4n) is 2.88. The molecule has 1 aromatic heterocycles. The van der Waals surface area contributed by atoms with Crippen LogP contribution in [-0.4, -0.2) is 24.1 Å². The third-order valence-electron chi connectivity index (χ3n) is 4.48. The average Bonchev–Trinajstić information content (AvgIpc) is 2.62. The van der Waals surface area contributed by atoms with Crippen molar-refractivity contribution in [2.45, 2.75) is 26.3 Å². The molecule has 1 saturated heterocycles. The third-order valence-corrected chi connectivity index (χ3v) is 4.48. The zero-order valence-corrected chi connectivity index (χ0v) is 14.0. The van der Waals surface area contributed by atoms with Gasteiger partial charge in [-0.1, -0.05) is 6.92 Å². The van der Waals surface area contributed by atoms with E-state index in [9.17, 15) is 4.79 Å². The van der Waals surface area contributed by atoms with Crippen LogP contribution in [0.4, 0.5) is 16.2 Å². The number of aromatic nitrogens is 1. The number of hydrogen-bond acceptors (Lipinski definition) is 3. The number of hydrogen-bond donors (Lipinski definition) is 2. The Balaban J connectivity index is 1.49. The zero-order valence-electron chi connectivity index (χ0n) is 14.0. The summed E-state index contributed by atoms with van der Waals surface area (Å²) < 4.78 is 0. The molecule has 2 heterocycles. The first-order valence-corrected chi connectivity index (χ1v) is 8.49. The van der Waals surface area contributed by atoms with Gasteiger partial charge in [0.2, 0.25) is 0 Å². The van der Waals surface area contributed by atoms with Crippen LogP contribution in [0.2, 0.25) is 0 Å². The fourth-order valence-corrected chi connectivity index (χ4v) is 2.88. The van der Waals surface area contributed by atoms with Crippen molar-refractivity contribution in [1.82, 2.24) is 10.3 Å². The molecular formula is C19H24N4O. The number of pyridine rings is 1. The van der Waals surface area contributed by atoms with Crippen LogP contribution >= 0.6 is 0 Å². The molecule has 1 aliphatic heterocycles. The Morgan fingerprint density at radius 2 is 1.79 bits per heavy atom. The first kappa shape index (κ1) is 16.3. The van der Waals surface area contributed by atoms with Crippen molar-refractivity contribution in [2.24, 2.45) is 5.92 Å². The minimum absolute atomic E-state index is 0.202. The minimum Gasteiger partial charge on any atom is -0.372 e. The lowest BCUT2D eigenvalue weighted by molar-refractivity contribution is 0.251. The van der Waals surface area contributed by atoms with Gasteiger partial charge in [-0.15, -0.1) is 0 Å². The first-order valence-electron chi connectivity index (χ1n) is 8.49. The van der Waals surface area contributed by atoms with Crippen LogP contribution < -0.4 is 15.5 Å². The van der Waals surface area contributed by atoms with E-state index >= 15 is 0 Å². The van der Waals surface area contributed by atoms with Crippen molar-refractivity contribution in [3.05, 3.63) is 54.4 Å². The molecular weight excluding hydrogens is 300 g/mol. The molecule has 0 spiro atoms. The molecule has 2 aromatic rings. The Kier molecular flexibility index (Phi) is 5.31. The van der Waals surface area contributed by atoms with Crippen LogP contribution in [0.15, 0.2) is 48.8 Å². The van der Waals surface area contributed by atoms with Gasteiger partial charge in [-0.25, -0.2) is 4.79 Å². The normalized spacial score (nSPS) is 15.1. The topological polar surface area (TPSA) is 57.3 Å². The number of carbonyl (C=O) groups is 1. The van der Waals surface area contributed by atoms with Crippen molar-refractivity contribution >= 4 is 17.4 Å². The van der Waals surface area contributed by atoms with Gasteiger partial charge in [0.15, 0.2) is 0 Å². The fraction of sp³-hybridized carbons (Fsp3) is 0.368. The van der Waals surface area contributed by atoms with E-state index in [-0.39, 0.29) is 6.03 Å². The molecule has 3 rings (SSSR count). The monoisotopic (exact) mass is 324 g/mol. The minimum atomic E-state index is -0.202. The number of amides is 2. The maximum atomic E-state index is 12.0. The second-order valence-electron chi connectivity index (χ2n) is 6.38. The summed E-state index contributed by atoms with van der Waals surface area (Å²) in [4.78, 5) is 18.3. The number of rotatable bonds is 4. The number of carbonyl (C=O) groups excluding carboxylic acids is 1. The highest BCUT2D eigenvalue weighted by molar-refractivity contribution is 5.89. The summed E-state index contributed by atoms with van der Waals surface area (Å²) in [5.41, 5.74) is 3.05. The highest BCUT2D eigenvalue weighted by Gasteiger charge is 2.15. The Labute approximate surface area is 143 Å². The quantitative estimate of drug-likeness (QED) is 0.903. The predicted molar refractivity (Wildman–Crippen MR) is 97.1 cm³/mol. The van der Waals surface area contributed by atoms with Gasteiger partial charge in [-0.3, -0.25) is 4.98 Å². The highest BCUT2D eigenvalue weighted by Crippen LogP contribution is 2.24. The maximum Gasteiger partial charge on any atom is 0.319 e. The molecule has 0 saturated carbocycles. The summed E-state index contributed by atoms with van der Waals surface area (Å²) in [6, 6.07) is 11.6. The van der Waals surface area contributed by atoms with Crippen LogP contribution in [-0.2, 0) is 6.54 Å². The molecule has 5 nitrogen and oxygen atoms in total. The summed E-state index contributed by atoms with van der Waals surface area (Å²) in [5, 5.41) is 5.71. The molecule has 0 radical (unpaired) electrons. The largest absolute Gasteiger partial charge is 0.372 e. The van der Waals surface area contributed by atoms with Crippen molar-refractivity contribution in [3.63, 3.8) is 0 Å². The predicted octanol–water partition coefficient (Wildman–Crippen LogP) is 3.64. The molecule has 0 bridgehead atoms. The Bertz CT molecular complexity index is 649. The molecule has 1 aliphatic rings. The van der Waals surface area contributed by atoms with Crippen molar-refractivity contribution in [3.8, 4) is 0 Å². The van der Waals surface area contributed by atoms with E-state index in [1.807, 2.05) is 24.3 Å². The lowest BCUT2D eigenvalue weighted by Crippen LogP contribution is -2.32. The van der Waals surface area contributed by atoms with Crippen molar-refractivity contribution in [2.75, 3.05) is 23.3 Å². The lowest BCUT2D eigenvalue weighted by atomic mass is 9.99. The van der Waals surface area contributed by atoms with Gasteiger partial charge >= 0.3 is 6.03 Å². The zero-order chi connectivity index (χ0) is 16.8. The number of piperidine rings is 1. The standard InChI is InChI=1S/C19H24N4O/c1-15-8-12-23(13-9-15)18-4-2-17(3-5-18)22-19(24)21-14-16-6-10-20-11-7-16/h2-7,10-11,15H,8-9,12-14H2,1H3,(H2,21,22,24). The molecule has 0 unspecified atom stereocenters. The summed E-state index contributed by atoms with van der Waals surface area (Å²) >= 11 is 0. The van der Waals surface area contributed by atoms with E-state index in [2.05, 4.69) is 39.6 Å². The van der Waals surface area contributed by atoms with Crippen LogP contribution in [0.1, 0.15) is 25.3 Å². The van der Waals surface area contributed by atoms with Crippen LogP contribution in [0.5, 0.6) is 0 Å². The van der Waals surface area contributed by atoms with Gasteiger partial charge in [-0.05, 0) is 60.7 Å². The molecule has 0 aliphatic carbocycles. The molecule has 2 N–H and O–H groups in total. The van der Waals surface area contributed by atoms with E-state index in [0.29, 0.717) is 6.54 Å². The molecule has 0 atom stereocenters. The van der Waals surface area contributed by atoms with Crippen LogP contribution in [0.3, 0.4) is 0 Å². The summed E-state index contributed by atoms with van der Waals surface area (Å²) in [6.45, 7) is 5.02. The molecule has 24 heavy (non-hydrogen) atoms. The third kappa shape index (κ3) is 4.47. The maximum absolute atomic E-state index is 12.0. The van der Waals surface area contributed by atoms with E-state index in [1.54, 1.807) is 12.4 Å². The number of urea groups is 1. The lowest BCUT2D eigenvalue weighted by Gasteiger charge is -2.32. The number of nitrogens with one attached hydrogen (secondary N) is 2. The Hall–Kier alpha value is -2.56. The summed E-state index contributed by atoms with van der Waals surface area (Å²) in [7, 11) is 0. The van der Waals surface area contributed by atoms with E-state index < -0.39 is 0 Å². The van der Waals surface area contributed by atoms with Gasteiger partial charge in [0.25, 0.3) is 0 Å². The second-order valence-corrected chi connectivity index (χ2v) is 6.38. The van der Waals surface area contributed by atoms with Gasteiger partial charge < -0.3 is 15.5 Å². The summed E-state index contributed by atoms with van der Waals surface area (Å²) in [5.74, 6) is 0.825. The second kappa shape index (κ2) is 7.81. The Morgan fingerprint density at radius 3 is 2.46 bits per heavy atom. The first-order chi connectivity index (χ1) is 11.7. The highest BCUT2D eigenvalue weighted by atomic mass is 16.2. The van der Waals surface area contributed by atoms with Gasteiger partial charge in [0.1, 0.15) is 0 Å². The van der Waals surface area contributed by atoms with Gasteiger partial charge in [-0.2, -0.15) is 0 Å². The van der Waals surface area contributed by atoms with E-state index in [4.69, 9.17) is 0 Å². The van der Waals surface area contributed by atoms with Gasteiger partial charge in [0.05, 0.1) is 0 Å². The van der Waals surface area contributed by atoms with E-state index in [0.717, 1.165) is 30.3 Å². The van der Waals surface area contributed by atoms with Crippen LogP contribution in [0, 0.1) is 5.92 Å². The van der Waals surface area contributed by atoms with Crippen LogP contribution in [0.25, 0.3) is 0 Å².